The molecule has 0 aliphatic carbocycles. The number of ether oxygens (including phenoxy) is 1. The molecule has 1 aromatic carbocycles. The molecule has 1 aliphatic rings. The fraction of sp³-hybridized carbons (Fsp3) is 0.421. The molecule has 1 aromatic heterocycles. The summed E-state index contributed by atoms with van der Waals surface area (Å²) < 4.78 is 5.75. The zero-order valence-corrected chi connectivity index (χ0v) is 14.6. The summed E-state index contributed by atoms with van der Waals surface area (Å²) >= 11 is 1.66. The summed E-state index contributed by atoms with van der Waals surface area (Å²) in [5.74, 6) is 0.0670. The number of benzene rings is 1. The highest BCUT2D eigenvalue weighted by Crippen LogP contribution is 2.15. The van der Waals surface area contributed by atoms with Crippen molar-refractivity contribution in [2.45, 2.75) is 32.0 Å². The molecule has 0 radical (unpaired) electrons. The standard InChI is InChI=1S/C19H24N2O2S/c22-19(20-12-18-9-5-11-24-18)15-21(14-17-8-4-10-23-17)13-16-6-2-1-3-7-16/h1-3,5-7,9,11,17H,4,8,10,12-15H2,(H,20,22). The molecule has 2 aromatic rings. The third kappa shape index (κ3) is 5.44. The minimum atomic E-state index is 0.0670. The van der Waals surface area contributed by atoms with Gasteiger partial charge in [-0.25, -0.2) is 0 Å². The summed E-state index contributed by atoms with van der Waals surface area (Å²) in [6.07, 6.45) is 2.45. The van der Waals surface area contributed by atoms with Gasteiger partial charge in [-0.15, -0.1) is 11.3 Å². The molecular weight excluding hydrogens is 320 g/mol. The van der Waals surface area contributed by atoms with Crippen molar-refractivity contribution in [2.24, 2.45) is 0 Å². The SMILES string of the molecule is O=C(CN(Cc1ccccc1)CC1CCCO1)NCc1cccs1. The van der Waals surface area contributed by atoms with E-state index in [0.29, 0.717) is 13.1 Å². The van der Waals surface area contributed by atoms with Crippen molar-refractivity contribution in [1.82, 2.24) is 10.2 Å². The highest BCUT2D eigenvalue weighted by Gasteiger charge is 2.21. The summed E-state index contributed by atoms with van der Waals surface area (Å²) in [5, 5.41) is 5.04. The molecule has 1 saturated heterocycles. The van der Waals surface area contributed by atoms with Crippen molar-refractivity contribution >= 4 is 17.2 Å². The Kier molecular flexibility index (Phi) is 6.41. The van der Waals surface area contributed by atoms with Crippen molar-refractivity contribution < 1.29 is 9.53 Å². The number of amides is 1. The lowest BCUT2D eigenvalue weighted by atomic mass is 10.2. The maximum Gasteiger partial charge on any atom is 0.234 e. The Morgan fingerprint density at radius 1 is 1.25 bits per heavy atom. The molecule has 1 atom stereocenters. The van der Waals surface area contributed by atoms with Crippen molar-refractivity contribution in [3.05, 3.63) is 58.3 Å². The van der Waals surface area contributed by atoms with Gasteiger partial charge in [0, 0.05) is 24.6 Å². The van der Waals surface area contributed by atoms with Crippen LogP contribution in [-0.2, 0) is 22.6 Å². The average molecular weight is 344 g/mol. The molecule has 128 valence electrons. The van der Waals surface area contributed by atoms with Crippen LogP contribution in [-0.4, -0.2) is 36.6 Å². The van der Waals surface area contributed by atoms with Crippen LogP contribution in [0.25, 0.3) is 0 Å². The van der Waals surface area contributed by atoms with Gasteiger partial charge in [-0.1, -0.05) is 36.4 Å². The third-order valence-electron chi connectivity index (χ3n) is 4.14. The molecule has 1 unspecified atom stereocenters. The van der Waals surface area contributed by atoms with Gasteiger partial charge in [0.1, 0.15) is 0 Å². The van der Waals surface area contributed by atoms with Gasteiger partial charge in [0.15, 0.2) is 0 Å². The fourth-order valence-electron chi connectivity index (χ4n) is 2.96. The molecule has 0 spiro atoms. The second-order valence-electron chi connectivity index (χ2n) is 6.15. The van der Waals surface area contributed by atoms with Crippen LogP contribution in [0.1, 0.15) is 23.3 Å². The van der Waals surface area contributed by atoms with Gasteiger partial charge in [-0.3, -0.25) is 9.69 Å². The van der Waals surface area contributed by atoms with Gasteiger partial charge in [0.25, 0.3) is 0 Å². The number of hydrogen-bond acceptors (Lipinski definition) is 4. The Bertz CT molecular complexity index is 610. The lowest BCUT2D eigenvalue weighted by Gasteiger charge is -2.24. The molecule has 24 heavy (non-hydrogen) atoms. The second-order valence-corrected chi connectivity index (χ2v) is 7.18. The number of hydrogen-bond donors (Lipinski definition) is 1. The van der Waals surface area contributed by atoms with E-state index in [4.69, 9.17) is 4.74 Å². The van der Waals surface area contributed by atoms with E-state index >= 15 is 0 Å². The average Bonchev–Trinajstić information content (AvgIpc) is 3.27. The molecule has 3 rings (SSSR count). The quantitative estimate of drug-likeness (QED) is 0.800. The van der Waals surface area contributed by atoms with Crippen molar-refractivity contribution in [3.8, 4) is 0 Å². The van der Waals surface area contributed by atoms with Crippen LogP contribution in [0.5, 0.6) is 0 Å². The van der Waals surface area contributed by atoms with Crippen LogP contribution in [0.4, 0.5) is 0 Å². The number of thiophene rings is 1. The number of nitrogens with one attached hydrogen (secondary N) is 1. The van der Waals surface area contributed by atoms with Gasteiger partial charge >= 0.3 is 0 Å². The van der Waals surface area contributed by atoms with Crippen LogP contribution in [0.2, 0.25) is 0 Å². The molecule has 1 aliphatic heterocycles. The van der Waals surface area contributed by atoms with Crippen molar-refractivity contribution in [1.29, 1.82) is 0 Å². The highest BCUT2D eigenvalue weighted by atomic mass is 32.1. The molecule has 0 bridgehead atoms. The van der Waals surface area contributed by atoms with Crippen LogP contribution < -0.4 is 5.32 Å². The lowest BCUT2D eigenvalue weighted by molar-refractivity contribution is -0.122. The molecule has 1 fully saturated rings. The van der Waals surface area contributed by atoms with Crippen molar-refractivity contribution in [3.63, 3.8) is 0 Å². The van der Waals surface area contributed by atoms with E-state index in [-0.39, 0.29) is 12.0 Å². The van der Waals surface area contributed by atoms with E-state index in [1.807, 2.05) is 35.7 Å². The molecular formula is C19H24N2O2S. The molecule has 5 heteroatoms. The first-order valence-corrected chi connectivity index (χ1v) is 9.34. The fourth-order valence-corrected chi connectivity index (χ4v) is 3.61. The van der Waals surface area contributed by atoms with Gasteiger partial charge in [-0.2, -0.15) is 0 Å². The molecule has 0 saturated carbocycles. The summed E-state index contributed by atoms with van der Waals surface area (Å²) in [4.78, 5) is 15.7. The summed E-state index contributed by atoms with van der Waals surface area (Å²) in [7, 11) is 0. The summed E-state index contributed by atoms with van der Waals surface area (Å²) in [6.45, 7) is 3.43. The van der Waals surface area contributed by atoms with Crippen LogP contribution in [0, 0.1) is 0 Å². The van der Waals surface area contributed by atoms with E-state index in [1.165, 1.54) is 10.4 Å². The first-order chi connectivity index (χ1) is 11.8. The largest absolute Gasteiger partial charge is 0.377 e. The Hall–Kier alpha value is -1.69. The van der Waals surface area contributed by atoms with Gasteiger partial charge < -0.3 is 10.1 Å². The topological polar surface area (TPSA) is 41.6 Å². The predicted octanol–water partition coefficient (Wildman–Crippen LogP) is 3.05. The minimum Gasteiger partial charge on any atom is -0.377 e. The van der Waals surface area contributed by atoms with E-state index in [9.17, 15) is 4.79 Å². The highest BCUT2D eigenvalue weighted by molar-refractivity contribution is 7.09. The van der Waals surface area contributed by atoms with Crippen LogP contribution in [0.15, 0.2) is 47.8 Å². The van der Waals surface area contributed by atoms with Gasteiger partial charge in [0.05, 0.1) is 19.2 Å². The minimum absolute atomic E-state index is 0.0670. The normalized spacial score (nSPS) is 17.3. The maximum absolute atomic E-state index is 12.3. The number of rotatable bonds is 8. The number of carbonyl (C=O) groups is 1. The third-order valence-corrected chi connectivity index (χ3v) is 5.02. The van der Waals surface area contributed by atoms with Gasteiger partial charge in [-0.05, 0) is 29.9 Å². The second kappa shape index (κ2) is 8.97. The first kappa shape index (κ1) is 17.1. The van der Waals surface area contributed by atoms with Crippen LogP contribution in [0.3, 0.4) is 0 Å². The van der Waals surface area contributed by atoms with Gasteiger partial charge in [0.2, 0.25) is 5.91 Å². The van der Waals surface area contributed by atoms with Crippen LogP contribution >= 0.6 is 11.3 Å². The molecule has 4 nitrogen and oxygen atoms in total. The Morgan fingerprint density at radius 2 is 2.12 bits per heavy atom. The molecule has 1 amide bonds. The zero-order chi connectivity index (χ0) is 16.6. The summed E-state index contributed by atoms with van der Waals surface area (Å²) in [6, 6.07) is 14.3. The number of carbonyl (C=O) groups excluding carboxylic acids is 1. The Morgan fingerprint density at radius 3 is 2.83 bits per heavy atom. The van der Waals surface area contributed by atoms with E-state index in [2.05, 4.69) is 22.3 Å². The van der Waals surface area contributed by atoms with Crippen molar-refractivity contribution in [2.75, 3.05) is 19.7 Å². The Labute approximate surface area is 147 Å². The Balaban J connectivity index is 1.54. The zero-order valence-electron chi connectivity index (χ0n) is 13.8. The lowest BCUT2D eigenvalue weighted by Crippen LogP contribution is -2.40. The monoisotopic (exact) mass is 344 g/mol. The van der Waals surface area contributed by atoms with E-state index in [1.54, 1.807) is 11.3 Å². The smallest absolute Gasteiger partial charge is 0.234 e. The molecule has 1 N–H and O–H groups in total. The summed E-state index contributed by atoms with van der Waals surface area (Å²) in [5.41, 5.74) is 1.22. The van der Waals surface area contributed by atoms with E-state index in [0.717, 1.165) is 32.5 Å². The molecule has 2 heterocycles. The predicted molar refractivity (Wildman–Crippen MR) is 96.9 cm³/mol. The first-order valence-electron chi connectivity index (χ1n) is 8.46. The maximum atomic E-state index is 12.3. The number of nitrogens with zero attached hydrogens (tertiary/aromatic N) is 1. The van der Waals surface area contributed by atoms with E-state index < -0.39 is 0 Å².